The van der Waals surface area contributed by atoms with Crippen molar-refractivity contribution in [1.29, 1.82) is 0 Å². The number of fused-ring (bicyclic) bond motifs is 3. The topological polar surface area (TPSA) is 43.1 Å². The van der Waals surface area contributed by atoms with Gasteiger partial charge in [-0.2, -0.15) is 0 Å². The van der Waals surface area contributed by atoms with E-state index in [4.69, 9.17) is 0 Å². The number of hydrogen-bond donors (Lipinski definition) is 0. The van der Waals surface area contributed by atoms with Gasteiger partial charge in [0, 0.05) is 16.5 Å². The van der Waals surface area contributed by atoms with Gasteiger partial charge in [0.2, 0.25) is 0 Å². The zero-order chi connectivity index (χ0) is 11.3. The van der Waals surface area contributed by atoms with E-state index in [2.05, 4.69) is 45.5 Å². The average molecular weight is 232 g/mol. The van der Waals surface area contributed by atoms with Gasteiger partial charge in [0.1, 0.15) is 23.2 Å². The van der Waals surface area contributed by atoms with Gasteiger partial charge in [0.25, 0.3) is 0 Å². The number of aromatic nitrogens is 4. The van der Waals surface area contributed by atoms with E-state index in [1.54, 1.807) is 17.7 Å². The van der Waals surface area contributed by atoms with Crippen LogP contribution in [0.2, 0.25) is 0 Å². The smallest absolute Gasteiger partial charge is 0.184 e. The fraction of sp³-hybridized carbons (Fsp3) is 0.364. The molecule has 2 aliphatic rings. The summed E-state index contributed by atoms with van der Waals surface area (Å²) in [6, 6.07) is 0. The van der Waals surface area contributed by atoms with Crippen molar-refractivity contribution < 1.29 is 0 Å². The van der Waals surface area contributed by atoms with Crippen molar-refractivity contribution in [2.24, 2.45) is 0 Å². The van der Waals surface area contributed by atoms with Crippen LogP contribution < -0.4 is 0 Å². The molecule has 2 aliphatic heterocycles. The molecule has 0 radical (unpaired) electrons. The van der Waals surface area contributed by atoms with Crippen LogP contribution in [-0.2, 0) is 5.41 Å². The quantitative estimate of drug-likeness (QED) is 0.598. The Bertz CT molecular complexity index is 617. The Balaban J connectivity index is 2.40. The van der Waals surface area contributed by atoms with Gasteiger partial charge in [0.05, 0.1) is 0 Å². The molecule has 0 aliphatic carbocycles. The Morgan fingerprint density at radius 2 is 2.00 bits per heavy atom. The largest absolute Gasteiger partial charge is 0.293 e. The molecule has 5 heteroatoms. The molecule has 0 bridgehead atoms. The maximum Gasteiger partial charge on any atom is 0.184 e. The fourth-order valence-electron chi connectivity index (χ4n) is 1.78. The third-order valence-electron chi connectivity index (χ3n) is 2.61. The van der Waals surface area contributed by atoms with Crippen molar-refractivity contribution in [3.8, 4) is 11.5 Å². The molecule has 0 fully saturated rings. The normalized spacial score (nSPS) is 12.7. The van der Waals surface area contributed by atoms with Gasteiger partial charge in [-0.25, -0.2) is 15.0 Å². The lowest BCUT2D eigenvalue weighted by Crippen LogP contribution is -2.14. The molecule has 0 N–H and O–H groups in total. The summed E-state index contributed by atoms with van der Waals surface area (Å²) in [7, 11) is 0. The van der Waals surface area contributed by atoms with E-state index in [9.17, 15) is 0 Å². The molecule has 0 saturated carbocycles. The minimum atomic E-state index is 0.109. The highest BCUT2D eigenvalue weighted by molar-refractivity contribution is 7.16. The first kappa shape index (κ1) is 9.72. The Labute approximate surface area is 97.3 Å². The van der Waals surface area contributed by atoms with Gasteiger partial charge in [-0.05, 0) is 0 Å². The summed E-state index contributed by atoms with van der Waals surface area (Å²) in [6.07, 6.45) is 3.40. The summed E-state index contributed by atoms with van der Waals surface area (Å²) in [5.74, 6) is 0.724. The number of thiazole rings is 1. The molecule has 3 heterocycles. The van der Waals surface area contributed by atoms with Crippen LogP contribution >= 0.6 is 11.3 Å². The third kappa shape index (κ3) is 1.24. The Morgan fingerprint density at radius 3 is 2.75 bits per heavy atom. The predicted octanol–water partition coefficient (Wildman–Crippen LogP) is 2.59. The lowest BCUT2D eigenvalue weighted by atomic mass is 9.93. The fourth-order valence-corrected chi connectivity index (χ4v) is 2.98. The highest BCUT2D eigenvalue weighted by atomic mass is 32.1. The van der Waals surface area contributed by atoms with Gasteiger partial charge in [-0.3, -0.25) is 4.40 Å². The van der Waals surface area contributed by atoms with Gasteiger partial charge in [0.15, 0.2) is 5.82 Å². The molecule has 4 nitrogen and oxygen atoms in total. The highest BCUT2D eigenvalue weighted by Crippen LogP contribution is 2.31. The van der Waals surface area contributed by atoms with Gasteiger partial charge < -0.3 is 0 Å². The standard InChI is InChI=1S/C11H12N4S/c1-11(2,3)7-4-16-10-8-9(13-5-12-8)14-6-15(7)10/h4-6H,1-3H3. The number of nitrogens with zero attached hydrogens (tertiary/aromatic N) is 4. The van der Waals surface area contributed by atoms with Crippen LogP contribution in [0.5, 0.6) is 0 Å². The second-order valence-electron chi connectivity index (χ2n) is 4.84. The number of hydrogen-bond acceptors (Lipinski definition) is 4. The average Bonchev–Trinajstić information content (AvgIpc) is 2.81. The second kappa shape index (κ2) is 3.01. The summed E-state index contributed by atoms with van der Waals surface area (Å²) in [6.45, 7) is 6.59. The van der Waals surface area contributed by atoms with Crippen molar-refractivity contribution in [3.63, 3.8) is 0 Å². The van der Waals surface area contributed by atoms with E-state index in [1.165, 1.54) is 5.69 Å². The van der Waals surface area contributed by atoms with Gasteiger partial charge in [-0.1, -0.05) is 20.8 Å². The molecule has 0 unspecified atom stereocenters. The summed E-state index contributed by atoms with van der Waals surface area (Å²) in [4.78, 5) is 13.8. The molecule has 0 spiro atoms. The van der Waals surface area contributed by atoms with Crippen molar-refractivity contribution >= 4 is 16.2 Å². The van der Waals surface area contributed by atoms with Crippen LogP contribution in [-0.4, -0.2) is 19.4 Å². The summed E-state index contributed by atoms with van der Waals surface area (Å²) >= 11 is 1.70. The van der Waals surface area contributed by atoms with E-state index in [1.807, 2.05) is 6.33 Å². The van der Waals surface area contributed by atoms with E-state index in [0.717, 1.165) is 16.3 Å². The number of imidazole rings is 1. The Morgan fingerprint density at radius 1 is 1.19 bits per heavy atom. The van der Waals surface area contributed by atoms with Crippen LogP contribution in [0.1, 0.15) is 26.5 Å². The van der Waals surface area contributed by atoms with Gasteiger partial charge in [-0.15, -0.1) is 11.3 Å². The van der Waals surface area contributed by atoms with Crippen LogP contribution in [0.3, 0.4) is 0 Å². The number of rotatable bonds is 0. The summed E-state index contributed by atoms with van der Waals surface area (Å²) in [5, 5.41) is 2.17. The Hall–Kier alpha value is -1.49. The van der Waals surface area contributed by atoms with Crippen molar-refractivity contribution in [2.75, 3.05) is 0 Å². The molecule has 0 saturated heterocycles. The first-order chi connectivity index (χ1) is 7.57. The van der Waals surface area contributed by atoms with E-state index in [-0.39, 0.29) is 5.41 Å². The van der Waals surface area contributed by atoms with Crippen LogP contribution in [0.4, 0.5) is 0 Å². The highest BCUT2D eigenvalue weighted by Gasteiger charge is 2.21. The zero-order valence-electron chi connectivity index (χ0n) is 9.43. The lowest BCUT2D eigenvalue weighted by molar-refractivity contribution is 0.563. The molecule has 16 heavy (non-hydrogen) atoms. The Kier molecular flexibility index (Phi) is 1.83. The van der Waals surface area contributed by atoms with E-state index >= 15 is 0 Å². The molecule has 0 amide bonds. The predicted molar refractivity (Wildman–Crippen MR) is 64.0 cm³/mol. The van der Waals surface area contributed by atoms with Crippen molar-refractivity contribution in [1.82, 2.24) is 19.4 Å². The second-order valence-corrected chi connectivity index (χ2v) is 5.69. The first-order valence-electron chi connectivity index (χ1n) is 5.13. The SMILES string of the molecule is CC(C)(C)c1csc2c3ncnc-3ncn12. The summed E-state index contributed by atoms with van der Waals surface area (Å²) < 4.78 is 2.11. The molecular formula is C11H12N4S. The molecule has 0 atom stereocenters. The van der Waals surface area contributed by atoms with Crippen molar-refractivity contribution in [3.05, 3.63) is 23.7 Å². The zero-order valence-corrected chi connectivity index (χ0v) is 10.2. The minimum absolute atomic E-state index is 0.109. The van der Waals surface area contributed by atoms with Crippen LogP contribution in [0, 0.1) is 0 Å². The molecule has 0 aromatic carbocycles. The minimum Gasteiger partial charge on any atom is -0.293 e. The molecule has 3 rings (SSSR count). The maximum absolute atomic E-state index is 4.31. The molecule has 1 aromatic heterocycles. The van der Waals surface area contributed by atoms with Crippen molar-refractivity contribution in [2.45, 2.75) is 26.2 Å². The van der Waals surface area contributed by atoms with Crippen LogP contribution in [0.15, 0.2) is 18.0 Å². The monoisotopic (exact) mass is 232 g/mol. The molecule has 82 valence electrons. The van der Waals surface area contributed by atoms with E-state index in [0.29, 0.717) is 0 Å². The van der Waals surface area contributed by atoms with Gasteiger partial charge >= 0.3 is 0 Å². The molecular weight excluding hydrogens is 220 g/mol. The van der Waals surface area contributed by atoms with E-state index < -0.39 is 0 Å². The maximum atomic E-state index is 4.31. The van der Waals surface area contributed by atoms with Crippen LogP contribution in [0.25, 0.3) is 16.3 Å². The summed E-state index contributed by atoms with van der Waals surface area (Å²) in [5.41, 5.74) is 2.26. The molecule has 1 aromatic rings. The lowest BCUT2D eigenvalue weighted by Gasteiger charge is -2.17. The first-order valence-corrected chi connectivity index (χ1v) is 6.01. The third-order valence-corrected chi connectivity index (χ3v) is 3.56.